The zero-order valence-corrected chi connectivity index (χ0v) is 11.7. The summed E-state index contributed by atoms with van der Waals surface area (Å²) in [6.07, 6.45) is 1.86. The van der Waals surface area contributed by atoms with Gasteiger partial charge in [-0.05, 0) is 32.5 Å². The van der Waals surface area contributed by atoms with E-state index in [1.165, 1.54) is 0 Å². The SMILES string of the molecule is CN(C)CC1(NS(=O)(=O)Cc2ccccc2)CC1. The number of hydrogen-bond acceptors (Lipinski definition) is 3. The van der Waals surface area contributed by atoms with Crippen molar-refractivity contribution in [3.05, 3.63) is 35.9 Å². The second kappa shape index (κ2) is 4.99. The maximum absolute atomic E-state index is 12.1. The van der Waals surface area contributed by atoms with E-state index in [-0.39, 0.29) is 11.3 Å². The summed E-state index contributed by atoms with van der Waals surface area (Å²) in [5.41, 5.74) is 0.600. The molecular formula is C13H20N2O2S. The Morgan fingerprint density at radius 2 is 1.83 bits per heavy atom. The Kier molecular flexibility index (Phi) is 3.75. The van der Waals surface area contributed by atoms with E-state index in [1.807, 2.05) is 49.3 Å². The molecule has 1 saturated carbocycles. The molecule has 1 aromatic rings. The quantitative estimate of drug-likeness (QED) is 0.843. The second-order valence-electron chi connectivity index (χ2n) is 5.36. The first kappa shape index (κ1) is 13.5. The van der Waals surface area contributed by atoms with Gasteiger partial charge >= 0.3 is 0 Å². The molecule has 0 bridgehead atoms. The van der Waals surface area contributed by atoms with Crippen LogP contribution in [0.2, 0.25) is 0 Å². The van der Waals surface area contributed by atoms with E-state index >= 15 is 0 Å². The van der Waals surface area contributed by atoms with E-state index in [9.17, 15) is 8.42 Å². The van der Waals surface area contributed by atoms with Crippen molar-refractivity contribution in [1.82, 2.24) is 9.62 Å². The Balaban J connectivity index is 2.00. The highest BCUT2D eigenvalue weighted by Gasteiger charge is 2.45. The van der Waals surface area contributed by atoms with Gasteiger partial charge in [0.1, 0.15) is 0 Å². The van der Waals surface area contributed by atoms with Gasteiger partial charge in [0.05, 0.1) is 5.75 Å². The zero-order chi connectivity index (χ0) is 13.2. The normalized spacial score (nSPS) is 17.9. The monoisotopic (exact) mass is 268 g/mol. The molecule has 1 aliphatic carbocycles. The van der Waals surface area contributed by atoms with Gasteiger partial charge in [-0.15, -0.1) is 0 Å². The summed E-state index contributed by atoms with van der Waals surface area (Å²) < 4.78 is 27.1. The average molecular weight is 268 g/mol. The fraction of sp³-hybridized carbons (Fsp3) is 0.538. The van der Waals surface area contributed by atoms with Gasteiger partial charge in [0.2, 0.25) is 10.0 Å². The minimum atomic E-state index is -3.25. The molecule has 1 fully saturated rings. The van der Waals surface area contributed by atoms with Gasteiger partial charge in [-0.2, -0.15) is 0 Å². The predicted octanol–water partition coefficient (Wildman–Crippen LogP) is 1.20. The molecule has 18 heavy (non-hydrogen) atoms. The van der Waals surface area contributed by atoms with Crippen LogP contribution in [0.4, 0.5) is 0 Å². The molecule has 0 amide bonds. The highest BCUT2D eigenvalue weighted by molar-refractivity contribution is 7.88. The third-order valence-electron chi connectivity index (χ3n) is 3.04. The number of sulfonamides is 1. The first-order valence-corrected chi connectivity index (χ1v) is 7.76. The van der Waals surface area contributed by atoms with Crippen molar-refractivity contribution in [3.8, 4) is 0 Å². The van der Waals surface area contributed by atoms with E-state index in [0.29, 0.717) is 0 Å². The maximum atomic E-state index is 12.1. The van der Waals surface area contributed by atoms with Gasteiger partial charge in [-0.1, -0.05) is 30.3 Å². The van der Waals surface area contributed by atoms with E-state index in [4.69, 9.17) is 0 Å². The number of nitrogens with zero attached hydrogens (tertiary/aromatic N) is 1. The summed E-state index contributed by atoms with van der Waals surface area (Å²) in [5.74, 6) is 0.0586. The standard InChI is InChI=1S/C13H20N2O2S/c1-15(2)11-13(8-9-13)14-18(16,17)10-12-6-4-3-5-7-12/h3-7,14H,8-11H2,1-2H3. The average Bonchev–Trinajstić information content (AvgIpc) is 2.95. The minimum absolute atomic E-state index is 0.0586. The minimum Gasteiger partial charge on any atom is -0.308 e. The van der Waals surface area contributed by atoms with Crippen LogP contribution in [-0.4, -0.2) is 39.5 Å². The second-order valence-corrected chi connectivity index (χ2v) is 7.09. The molecule has 2 rings (SSSR count). The van der Waals surface area contributed by atoms with Crippen molar-refractivity contribution in [1.29, 1.82) is 0 Å². The van der Waals surface area contributed by atoms with Crippen molar-refractivity contribution >= 4 is 10.0 Å². The van der Waals surface area contributed by atoms with Gasteiger partial charge in [-0.25, -0.2) is 13.1 Å². The molecule has 4 nitrogen and oxygen atoms in total. The lowest BCUT2D eigenvalue weighted by Gasteiger charge is -2.21. The molecule has 1 N–H and O–H groups in total. The lowest BCUT2D eigenvalue weighted by molar-refractivity contribution is 0.348. The molecule has 1 aromatic carbocycles. The molecule has 1 aliphatic rings. The van der Waals surface area contributed by atoms with Crippen LogP contribution in [0.1, 0.15) is 18.4 Å². The lowest BCUT2D eigenvalue weighted by Crippen LogP contribution is -2.44. The highest BCUT2D eigenvalue weighted by Crippen LogP contribution is 2.36. The van der Waals surface area contributed by atoms with Crippen LogP contribution in [0.3, 0.4) is 0 Å². The Hall–Kier alpha value is -0.910. The van der Waals surface area contributed by atoms with Crippen LogP contribution in [0.5, 0.6) is 0 Å². The lowest BCUT2D eigenvalue weighted by atomic mass is 10.2. The van der Waals surface area contributed by atoms with Crippen molar-refractivity contribution in [3.63, 3.8) is 0 Å². The Bertz CT molecular complexity index is 493. The third-order valence-corrected chi connectivity index (χ3v) is 4.50. The number of hydrogen-bond donors (Lipinski definition) is 1. The Morgan fingerprint density at radius 1 is 1.22 bits per heavy atom. The summed E-state index contributed by atoms with van der Waals surface area (Å²) in [6.45, 7) is 0.765. The first-order chi connectivity index (χ1) is 8.41. The molecule has 5 heteroatoms. The van der Waals surface area contributed by atoms with Gasteiger partial charge in [-0.3, -0.25) is 0 Å². The summed E-state index contributed by atoms with van der Waals surface area (Å²) >= 11 is 0. The van der Waals surface area contributed by atoms with Crippen LogP contribution in [-0.2, 0) is 15.8 Å². The number of likely N-dealkylation sites (N-methyl/N-ethyl adjacent to an activating group) is 1. The first-order valence-electron chi connectivity index (χ1n) is 6.11. The predicted molar refractivity (Wildman–Crippen MR) is 72.7 cm³/mol. The van der Waals surface area contributed by atoms with Gasteiger partial charge in [0.25, 0.3) is 0 Å². The Labute approximate surface area is 109 Å². The number of nitrogens with one attached hydrogen (secondary N) is 1. The fourth-order valence-corrected chi connectivity index (χ4v) is 3.84. The molecule has 0 unspecified atom stereocenters. The summed E-state index contributed by atoms with van der Waals surface area (Å²) in [5, 5.41) is 0. The smallest absolute Gasteiger partial charge is 0.216 e. The summed E-state index contributed by atoms with van der Waals surface area (Å²) in [6, 6.07) is 9.28. The molecule has 0 heterocycles. The van der Waals surface area contributed by atoms with E-state index in [0.717, 1.165) is 24.9 Å². The molecule has 0 saturated heterocycles. The zero-order valence-electron chi connectivity index (χ0n) is 10.9. The van der Waals surface area contributed by atoms with Crippen molar-refractivity contribution in [2.45, 2.75) is 24.1 Å². The molecule has 100 valence electrons. The number of rotatable bonds is 6. The fourth-order valence-electron chi connectivity index (χ4n) is 2.21. The largest absolute Gasteiger partial charge is 0.308 e. The molecule has 0 aromatic heterocycles. The van der Waals surface area contributed by atoms with E-state index < -0.39 is 10.0 Å². The summed E-state index contributed by atoms with van der Waals surface area (Å²) in [7, 11) is 0.676. The van der Waals surface area contributed by atoms with Crippen LogP contribution >= 0.6 is 0 Å². The van der Waals surface area contributed by atoms with Crippen molar-refractivity contribution in [2.24, 2.45) is 0 Å². The van der Waals surface area contributed by atoms with Gasteiger partial charge in [0, 0.05) is 12.1 Å². The third kappa shape index (κ3) is 3.80. The van der Waals surface area contributed by atoms with Crippen LogP contribution in [0.25, 0.3) is 0 Å². The Morgan fingerprint density at radius 3 is 2.33 bits per heavy atom. The molecule has 0 spiro atoms. The van der Waals surface area contributed by atoms with Gasteiger partial charge in [0.15, 0.2) is 0 Å². The molecular weight excluding hydrogens is 248 g/mol. The van der Waals surface area contributed by atoms with E-state index in [1.54, 1.807) is 0 Å². The topological polar surface area (TPSA) is 49.4 Å². The molecule has 0 aliphatic heterocycles. The van der Waals surface area contributed by atoms with Crippen molar-refractivity contribution in [2.75, 3.05) is 20.6 Å². The van der Waals surface area contributed by atoms with Crippen molar-refractivity contribution < 1.29 is 8.42 Å². The maximum Gasteiger partial charge on any atom is 0.216 e. The molecule has 0 radical (unpaired) electrons. The van der Waals surface area contributed by atoms with Crippen LogP contribution < -0.4 is 4.72 Å². The van der Waals surface area contributed by atoms with Crippen LogP contribution in [0.15, 0.2) is 30.3 Å². The van der Waals surface area contributed by atoms with Crippen LogP contribution in [0, 0.1) is 0 Å². The molecule has 0 atom stereocenters. The highest BCUT2D eigenvalue weighted by atomic mass is 32.2. The van der Waals surface area contributed by atoms with E-state index in [2.05, 4.69) is 4.72 Å². The summed E-state index contributed by atoms with van der Waals surface area (Å²) in [4.78, 5) is 2.03. The number of benzene rings is 1. The van der Waals surface area contributed by atoms with Gasteiger partial charge < -0.3 is 4.90 Å².